The Kier molecular flexibility index (Phi) is 6.47. The van der Waals surface area contributed by atoms with Gasteiger partial charge in [0.15, 0.2) is 12.3 Å². The molecule has 146 valence electrons. The van der Waals surface area contributed by atoms with Crippen molar-refractivity contribution >= 4 is 12.3 Å². The van der Waals surface area contributed by atoms with Crippen molar-refractivity contribution in [2.24, 2.45) is 0 Å². The second-order valence-electron chi connectivity index (χ2n) is 7.73. The number of aromatic nitrogens is 2. The van der Waals surface area contributed by atoms with Crippen molar-refractivity contribution in [1.29, 1.82) is 0 Å². The van der Waals surface area contributed by atoms with E-state index in [0.29, 0.717) is 18.6 Å². The van der Waals surface area contributed by atoms with Crippen LogP contribution in [0.2, 0.25) is 0 Å². The van der Waals surface area contributed by atoms with Crippen LogP contribution in [0.15, 0.2) is 42.6 Å². The highest BCUT2D eigenvalue weighted by Crippen LogP contribution is 2.35. The summed E-state index contributed by atoms with van der Waals surface area (Å²) in [4.78, 5) is 0. The van der Waals surface area contributed by atoms with Crippen LogP contribution in [-0.2, 0) is 4.74 Å². The topological polar surface area (TPSA) is 39.1 Å². The van der Waals surface area contributed by atoms with Crippen LogP contribution in [0.5, 0.6) is 0 Å². The molecule has 0 amide bonds. The van der Waals surface area contributed by atoms with Crippen molar-refractivity contribution in [2.75, 3.05) is 13.2 Å². The largest absolute Gasteiger partial charge is 0.377 e. The molecular weight excluding hydrogens is 361 g/mol. The second kappa shape index (κ2) is 9.22. The van der Waals surface area contributed by atoms with Gasteiger partial charge in [0.1, 0.15) is 0 Å². The number of rotatable bonds is 6. The molecule has 2 unspecified atom stereocenters. The Morgan fingerprint density at radius 2 is 1.93 bits per heavy atom. The van der Waals surface area contributed by atoms with E-state index in [0.717, 1.165) is 37.9 Å². The molecule has 2 heterocycles. The molecule has 1 saturated heterocycles. The molecule has 1 aromatic carbocycles. The molecule has 2 aliphatic rings. The van der Waals surface area contributed by atoms with Gasteiger partial charge < -0.3 is 10.1 Å². The maximum atomic E-state index is 13.1. The highest BCUT2D eigenvalue weighted by molar-refractivity contribution is 7.92. The lowest BCUT2D eigenvalue weighted by molar-refractivity contribution is 0.00538. The van der Waals surface area contributed by atoms with Gasteiger partial charge >= 0.3 is 0 Å². The molecule has 1 aliphatic heterocycles. The fourth-order valence-corrected chi connectivity index (χ4v) is 5.00. The zero-order valence-electron chi connectivity index (χ0n) is 15.6. The Bertz CT molecular complexity index is 702. The molecule has 1 aliphatic carbocycles. The summed E-state index contributed by atoms with van der Waals surface area (Å²) in [5.41, 5.74) is 2.41. The average molecular weight is 390 g/mol. The third-order valence-corrected chi connectivity index (χ3v) is 6.56. The molecule has 1 N–H and O–H groups in total. The van der Waals surface area contributed by atoms with E-state index in [1.54, 1.807) is 6.20 Å². The molecule has 2 aromatic rings. The van der Waals surface area contributed by atoms with Gasteiger partial charge in [-0.05, 0) is 62.6 Å². The Morgan fingerprint density at radius 3 is 2.70 bits per heavy atom. The number of piperidine rings is 1. The van der Waals surface area contributed by atoms with Gasteiger partial charge in [-0.15, -0.1) is 3.89 Å². The molecule has 4 nitrogen and oxygen atoms in total. The van der Waals surface area contributed by atoms with Gasteiger partial charge in [-0.2, -0.15) is 9.19 Å². The van der Waals surface area contributed by atoms with E-state index in [9.17, 15) is 3.89 Å². The maximum Gasteiger partial charge on any atom is 0.187 e. The van der Waals surface area contributed by atoms with E-state index in [2.05, 4.69) is 40.7 Å². The summed E-state index contributed by atoms with van der Waals surface area (Å²) in [5.74, 6) is 0.924. The van der Waals surface area contributed by atoms with Gasteiger partial charge in [0.2, 0.25) is 0 Å². The van der Waals surface area contributed by atoms with E-state index in [4.69, 9.17) is 4.74 Å². The van der Waals surface area contributed by atoms with E-state index in [1.807, 2.05) is 6.07 Å². The third kappa shape index (κ3) is 4.55. The smallest absolute Gasteiger partial charge is 0.187 e. The number of nitrogens with one attached hydrogen (secondary N) is 1. The molecule has 1 saturated carbocycles. The van der Waals surface area contributed by atoms with Crippen LogP contribution >= 0.6 is 12.3 Å². The van der Waals surface area contributed by atoms with Crippen molar-refractivity contribution in [3.05, 3.63) is 53.9 Å². The van der Waals surface area contributed by atoms with Crippen LogP contribution in [0, 0.1) is 0 Å². The van der Waals surface area contributed by atoms with Gasteiger partial charge in [-0.1, -0.05) is 30.3 Å². The summed E-state index contributed by atoms with van der Waals surface area (Å²) >= 11 is 0.179. The molecule has 6 heteroatoms. The van der Waals surface area contributed by atoms with Crippen LogP contribution in [0.4, 0.5) is 3.89 Å². The van der Waals surface area contributed by atoms with Crippen LogP contribution < -0.4 is 5.32 Å². The number of halogens is 1. The van der Waals surface area contributed by atoms with Crippen molar-refractivity contribution in [3.8, 4) is 0 Å². The Morgan fingerprint density at radius 1 is 1.11 bits per heavy atom. The lowest BCUT2D eigenvalue weighted by Gasteiger charge is -2.35. The van der Waals surface area contributed by atoms with Crippen LogP contribution in [0.1, 0.15) is 61.6 Å². The van der Waals surface area contributed by atoms with Crippen LogP contribution in [-0.4, -0.2) is 34.5 Å². The summed E-state index contributed by atoms with van der Waals surface area (Å²) in [6.07, 6.45) is 8.81. The molecule has 2 atom stereocenters. The van der Waals surface area contributed by atoms with Crippen molar-refractivity contribution in [2.45, 2.75) is 62.5 Å². The first-order valence-electron chi connectivity index (χ1n) is 10.1. The van der Waals surface area contributed by atoms with Gasteiger partial charge in [-0.3, -0.25) is 0 Å². The molecule has 1 aromatic heterocycles. The third-order valence-electron chi connectivity index (χ3n) is 6.12. The highest BCUT2D eigenvalue weighted by Gasteiger charge is 2.31. The van der Waals surface area contributed by atoms with Crippen molar-refractivity contribution < 1.29 is 8.62 Å². The lowest BCUT2D eigenvalue weighted by Crippen LogP contribution is -2.44. The Hall–Kier alpha value is -1.37. The van der Waals surface area contributed by atoms with Gasteiger partial charge in [0.05, 0.1) is 24.6 Å². The zero-order valence-corrected chi connectivity index (χ0v) is 16.4. The summed E-state index contributed by atoms with van der Waals surface area (Å²) in [6.45, 7) is 1.69. The molecule has 0 spiro atoms. The first-order valence-corrected chi connectivity index (χ1v) is 10.8. The monoisotopic (exact) mass is 389 g/mol. The fourth-order valence-electron chi connectivity index (χ4n) is 4.63. The van der Waals surface area contributed by atoms with E-state index >= 15 is 0 Å². The Balaban J connectivity index is 1.30. The number of hydrogen-bond donors (Lipinski definition) is 1. The summed E-state index contributed by atoms with van der Waals surface area (Å²) in [6, 6.07) is 13.0. The van der Waals surface area contributed by atoms with Crippen LogP contribution in [0.3, 0.4) is 0 Å². The number of nitrogens with zero attached hydrogens (tertiary/aromatic N) is 2. The number of benzene rings is 1. The second-order valence-corrected chi connectivity index (χ2v) is 8.21. The van der Waals surface area contributed by atoms with Crippen LogP contribution in [0.25, 0.3) is 0 Å². The van der Waals surface area contributed by atoms with Gasteiger partial charge in [-0.25, -0.2) is 0 Å². The molecule has 0 radical (unpaired) electrons. The SMILES string of the molecule is FSn1nccc1C1CCCNC1COC1CCC(c2ccccc2)CC1. The van der Waals surface area contributed by atoms with E-state index < -0.39 is 0 Å². The Labute approximate surface area is 165 Å². The molecular formula is C21H28FN3OS. The van der Waals surface area contributed by atoms with Gasteiger partial charge in [0, 0.05) is 12.0 Å². The quantitative estimate of drug-likeness (QED) is 0.767. The summed E-state index contributed by atoms with van der Waals surface area (Å²) in [7, 11) is 0. The predicted molar refractivity (Wildman–Crippen MR) is 107 cm³/mol. The molecule has 2 fully saturated rings. The summed E-state index contributed by atoms with van der Waals surface area (Å²) < 4.78 is 20.8. The van der Waals surface area contributed by atoms with Gasteiger partial charge in [0.25, 0.3) is 0 Å². The minimum absolute atomic E-state index is 0.179. The predicted octanol–water partition coefficient (Wildman–Crippen LogP) is 4.84. The maximum absolute atomic E-state index is 13.1. The minimum Gasteiger partial charge on any atom is -0.377 e. The highest BCUT2D eigenvalue weighted by atomic mass is 32.2. The molecule has 4 rings (SSSR count). The van der Waals surface area contributed by atoms with Crippen molar-refractivity contribution in [3.63, 3.8) is 0 Å². The first-order chi connectivity index (χ1) is 13.3. The lowest BCUT2D eigenvalue weighted by atomic mass is 9.82. The van der Waals surface area contributed by atoms with E-state index in [-0.39, 0.29) is 24.3 Å². The zero-order chi connectivity index (χ0) is 18.5. The summed E-state index contributed by atoms with van der Waals surface area (Å²) in [5, 5.41) is 7.65. The normalized spacial score (nSPS) is 28.9. The molecule has 0 bridgehead atoms. The van der Waals surface area contributed by atoms with E-state index in [1.165, 1.54) is 22.5 Å². The molecule has 27 heavy (non-hydrogen) atoms. The average Bonchev–Trinajstić information content (AvgIpc) is 3.22. The fraction of sp³-hybridized carbons (Fsp3) is 0.571. The standard InChI is InChI=1S/C21H28FN3OS/c22-27-25-21(12-14-24-25)19-7-4-13-23-20(19)15-26-18-10-8-17(9-11-18)16-5-2-1-3-6-16/h1-3,5-6,12,14,17-20,23H,4,7-11,13,15H2. The first kappa shape index (κ1) is 19.0. The number of ether oxygens (including phenoxy) is 1. The minimum atomic E-state index is 0.179. The van der Waals surface area contributed by atoms with Crippen molar-refractivity contribution in [1.82, 2.24) is 14.5 Å². The number of hydrogen-bond acceptors (Lipinski definition) is 4.